The van der Waals surface area contributed by atoms with Crippen LogP contribution in [0.2, 0.25) is 0 Å². The number of aryl methyl sites for hydroxylation is 1. The van der Waals surface area contributed by atoms with Gasteiger partial charge in [0, 0.05) is 25.2 Å². The highest BCUT2D eigenvalue weighted by atomic mass is 32.1. The van der Waals surface area contributed by atoms with Crippen LogP contribution in [0.1, 0.15) is 29.8 Å². The second-order valence-corrected chi connectivity index (χ2v) is 7.32. The Labute approximate surface area is 124 Å². The molecule has 2 aromatic rings. The van der Waals surface area contributed by atoms with Crippen molar-refractivity contribution in [2.45, 2.75) is 44.8 Å². The molecule has 0 radical (unpaired) electrons. The summed E-state index contributed by atoms with van der Waals surface area (Å²) in [6.45, 7) is 5.54. The molecule has 1 saturated carbocycles. The van der Waals surface area contributed by atoms with Crippen molar-refractivity contribution in [1.82, 2.24) is 15.2 Å². The van der Waals surface area contributed by atoms with Gasteiger partial charge in [-0.25, -0.2) is 4.98 Å². The zero-order chi connectivity index (χ0) is 13.5. The molecule has 1 atom stereocenters. The monoisotopic (exact) mass is 287 g/mol. The third-order valence-corrected chi connectivity index (χ3v) is 5.38. The highest BCUT2D eigenvalue weighted by Gasteiger charge is 2.34. The molecule has 0 bridgehead atoms. The lowest BCUT2D eigenvalue weighted by Gasteiger charge is -2.28. The van der Waals surface area contributed by atoms with Crippen LogP contribution in [0.3, 0.4) is 0 Å². The van der Waals surface area contributed by atoms with Gasteiger partial charge >= 0.3 is 0 Å². The summed E-state index contributed by atoms with van der Waals surface area (Å²) in [5.41, 5.74) is 2.59. The molecule has 2 aliphatic rings. The lowest BCUT2D eigenvalue weighted by Crippen LogP contribution is -2.38. The van der Waals surface area contributed by atoms with Crippen molar-refractivity contribution < 1.29 is 0 Å². The van der Waals surface area contributed by atoms with Crippen molar-refractivity contribution in [3.05, 3.63) is 28.8 Å². The number of nitrogens with zero attached hydrogens (tertiary/aromatic N) is 2. The maximum atomic E-state index is 4.55. The molecule has 2 heterocycles. The Kier molecular flexibility index (Phi) is 3.25. The Morgan fingerprint density at radius 2 is 2.20 bits per heavy atom. The van der Waals surface area contributed by atoms with Gasteiger partial charge in [0.1, 0.15) is 0 Å². The van der Waals surface area contributed by atoms with Crippen molar-refractivity contribution >= 4 is 21.6 Å². The quantitative estimate of drug-likeness (QED) is 0.937. The van der Waals surface area contributed by atoms with E-state index in [9.17, 15) is 0 Å². The summed E-state index contributed by atoms with van der Waals surface area (Å²) in [4.78, 5) is 7.28. The third kappa shape index (κ3) is 2.48. The highest BCUT2D eigenvalue weighted by Crippen LogP contribution is 2.32. The fraction of sp³-hybridized carbons (Fsp3) is 0.562. The van der Waals surface area contributed by atoms with E-state index in [0.29, 0.717) is 0 Å². The molecule has 1 N–H and O–H groups in total. The molecule has 4 rings (SSSR count). The maximum Gasteiger partial charge on any atom is 0.0907 e. The van der Waals surface area contributed by atoms with Crippen molar-refractivity contribution in [3.8, 4) is 0 Å². The molecule has 2 fully saturated rings. The number of thiazole rings is 1. The van der Waals surface area contributed by atoms with Gasteiger partial charge in [0.15, 0.2) is 0 Å². The van der Waals surface area contributed by atoms with Gasteiger partial charge in [-0.3, -0.25) is 4.90 Å². The van der Waals surface area contributed by atoms with E-state index in [1.54, 1.807) is 0 Å². The first-order chi connectivity index (χ1) is 9.79. The fourth-order valence-corrected chi connectivity index (χ4v) is 4.17. The number of fused-ring (bicyclic) bond motifs is 1. The van der Waals surface area contributed by atoms with E-state index in [1.165, 1.54) is 42.6 Å². The van der Waals surface area contributed by atoms with Gasteiger partial charge in [-0.2, -0.15) is 0 Å². The van der Waals surface area contributed by atoms with Crippen LogP contribution in [0.4, 0.5) is 0 Å². The minimum absolute atomic E-state index is 0.737. The number of aromatic nitrogens is 1. The van der Waals surface area contributed by atoms with Crippen LogP contribution in [0.15, 0.2) is 18.2 Å². The van der Waals surface area contributed by atoms with E-state index in [0.717, 1.165) is 29.2 Å². The van der Waals surface area contributed by atoms with E-state index in [1.807, 2.05) is 11.3 Å². The third-order valence-electron chi connectivity index (χ3n) is 4.44. The summed E-state index contributed by atoms with van der Waals surface area (Å²) in [5, 5.41) is 4.67. The maximum absolute atomic E-state index is 4.55. The van der Waals surface area contributed by atoms with Crippen LogP contribution in [0.5, 0.6) is 0 Å². The number of benzene rings is 1. The molecule has 20 heavy (non-hydrogen) atoms. The number of nitrogens with one attached hydrogen (secondary N) is 1. The Balaban J connectivity index is 1.57. The Morgan fingerprint density at radius 3 is 2.95 bits per heavy atom. The lowest BCUT2D eigenvalue weighted by atomic mass is 10.1. The molecular formula is C16H21N3S. The highest BCUT2D eigenvalue weighted by molar-refractivity contribution is 7.18. The van der Waals surface area contributed by atoms with Crippen molar-refractivity contribution in [3.63, 3.8) is 0 Å². The van der Waals surface area contributed by atoms with Crippen LogP contribution in [0, 0.1) is 6.92 Å². The van der Waals surface area contributed by atoms with Crippen molar-refractivity contribution in [2.24, 2.45) is 0 Å². The van der Waals surface area contributed by atoms with Crippen molar-refractivity contribution in [2.75, 3.05) is 13.1 Å². The molecule has 1 aromatic carbocycles. The second-order valence-electron chi connectivity index (χ2n) is 6.09. The summed E-state index contributed by atoms with van der Waals surface area (Å²) in [6.07, 6.45) is 4.08. The SMILES string of the molecule is Cc1nc2ccc(CN(C3CC3)C3CCNC3)cc2s1. The van der Waals surface area contributed by atoms with Gasteiger partial charge in [0.2, 0.25) is 0 Å². The minimum Gasteiger partial charge on any atom is -0.315 e. The van der Waals surface area contributed by atoms with E-state index in [2.05, 4.69) is 40.3 Å². The van der Waals surface area contributed by atoms with E-state index >= 15 is 0 Å². The average molecular weight is 287 g/mol. The van der Waals surface area contributed by atoms with Gasteiger partial charge in [-0.1, -0.05) is 6.07 Å². The standard InChI is InChI=1S/C16H21N3S/c1-11-18-15-5-2-12(8-16(15)20-11)10-19(13-3-4-13)14-6-7-17-9-14/h2,5,8,13-14,17H,3-4,6-7,9-10H2,1H3. The minimum atomic E-state index is 0.737. The molecule has 0 spiro atoms. The molecule has 1 unspecified atom stereocenters. The molecule has 1 saturated heterocycles. The van der Waals surface area contributed by atoms with Gasteiger partial charge in [-0.15, -0.1) is 11.3 Å². The number of rotatable bonds is 4. The molecule has 106 valence electrons. The average Bonchev–Trinajstić information content (AvgIpc) is 2.98. The normalized spacial score (nSPS) is 23.0. The zero-order valence-electron chi connectivity index (χ0n) is 11.9. The largest absolute Gasteiger partial charge is 0.315 e. The van der Waals surface area contributed by atoms with Crippen LogP contribution in [0.25, 0.3) is 10.2 Å². The first-order valence-electron chi connectivity index (χ1n) is 7.62. The first-order valence-corrected chi connectivity index (χ1v) is 8.44. The Hall–Kier alpha value is -0.970. The van der Waals surface area contributed by atoms with Crippen LogP contribution < -0.4 is 5.32 Å². The summed E-state index contributed by atoms with van der Waals surface area (Å²) >= 11 is 1.81. The van der Waals surface area contributed by atoms with Gasteiger partial charge in [-0.05, 0) is 50.4 Å². The zero-order valence-corrected chi connectivity index (χ0v) is 12.7. The van der Waals surface area contributed by atoms with Gasteiger partial charge < -0.3 is 5.32 Å². The molecule has 4 heteroatoms. The van der Waals surface area contributed by atoms with E-state index in [4.69, 9.17) is 0 Å². The lowest BCUT2D eigenvalue weighted by molar-refractivity contribution is 0.189. The van der Waals surface area contributed by atoms with Gasteiger partial charge in [0.25, 0.3) is 0 Å². The molecular weight excluding hydrogens is 266 g/mol. The molecule has 3 nitrogen and oxygen atoms in total. The number of hydrogen-bond acceptors (Lipinski definition) is 4. The smallest absolute Gasteiger partial charge is 0.0907 e. The first kappa shape index (κ1) is 12.7. The van der Waals surface area contributed by atoms with Crippen molar-refractivity contribution in [1.29, 1.82) is 0 Å². The predicted octanol–water partition coefficient (Wildman–Crippen LogP) is 2.93. The topological polar surface area (TPSA) is 28.2 Å². The molecule has 0 amide bonds. The van der Waals surface area contributed by atoms with Crippen LogP contribution in [-0.2, 0) is 6.54 Å². The fourth-order valence-electron chi connectivity index (χ4n) is 3.28. The van der Waals surface area contributed by atoms with E-state index in [-0.39, 0.29) is 0 Å². The predicted molar refractivity (Wildman–Crippen MR) is 84.2 cm³/mol. The summed E-state index contributed by atoms with van der Waals surface area (Å²) in [7, 11) is 0. The van der Waals surface area contributed by atoms with Crippen LogP contribution >= 0.6 is 11.3 Å². The summed E-state index contributed by atoms with van der Waals surface area (Å²) in [6, 6.07) is 8.36. The van der Waals surface area contributed by atoms with E-state index < -0.39 is 0 Å². The summed E-state index contributed by atoms with van der Waals surface area (Å²) in [5.74, 6) is 0. The summed E-state index contributed by atoms with van der Waals surface area (Å²) < 4.78 is 1.33. The Morgan fingerprint density at radius 1 is 1.30 bits per heavy atom. The van der Waals surface area contributed by atoms with Gasteiger partial charge in [0.05, 0.1) is 15.2 Å². The number of hydrogen-bond donors (Lipinski definition) is 1. The second kappa shape index (κ2) is 5.10. The molecule has 1 aromatic heterocycles. The van der Waals surface area contributed by atoms with Crippen LogP contribution in [-0.4, -0.2) is 35.1 Å². The molecule has 1 aliphatic heterocycles. The Bertz CT molecular complexity index is 611. The molecule has 1 aliphatic carbocycles.